The van der Waals surface area contributed by atoms with E-state index >= 15 is 0 Å². The summed E-state index contributed by atoms with van der Waals surface area (Å²) in [7, 11) is 0. The maximum Gasteiger partial charge on any atom is 0.168 e. The third-order valence-corrected chi connectivity index (χ3v) is 3.82. The van der Waals surface area contributed by atoms with Gasteiger partial charge < -0.3 is 0 Å². The normalized spacial score (nSPS) is 10.9. The van der Waals surface area contributed by atoms with Gasteiger partial charge in [-0.25, -0.2) is 8.78 Å². The number of hydrogen-bond acceptors (Lipinski definition) is 1. The molecule has 0 heterocycles. The SMILES string of the molecule is CCCCCCCCCCC(=O)c1c(F)ccc(C)c1F. The minimum absolute atomic E-state index is 0.228. The van der Waals surface area contributed by atoms with Crippen LogP contribution in [-0.2, 0) is 0 Å². The molecular weight excluding hydrogens is 270 g/mol. The first-order valence-electron chi connectivity index (χ1n) is 8.05. The van der Waals surface area contributed by atoms with Crippen molar-refractivity contribution in [2.75, 3.05) is 0 Å². The van der Waals surface area contributed by atoms with Gasteiger partial charge in [-0.15, -0.1) is 0 Å². The first-order chi connectivity index (χ1) is 10.1. The molecule has 1 nitrogen and oxygen atoms in total. The minimum atomic E-state index is -0.748. The molecule has 3 heteroatoms. The Morgan fingerprint density at radius 1 is 0.952 bits per heavy atom. The average molecular weight is 296 g/mol. The van der Waals surface area contributed by atoms with Gasteiger partial charge in [0, 0.05) is 6.42 Å². The van der Waals surface area contributed by atoms with Gasteiger partial charge in [-0.3, -0.25) is 4.79 Å². The van der Waals surface area contributed by atoms with Crippen LogP contribution < -0.4 is 0 Å². The van der Waals surface area contributed by atoms with Gasteiger partial charge in [-0.05, 0) is 25.0 Å². The molecule has 1 aromatic carbocycles. The van der Waals surface area contributed by atoms with Gasteiger partial charge in [0.15, 0.2) is 5.78 Å². The Labute approximate surface area is 126 Å². The van der Waals surface area contributed by atoms with Gasteiger partial charge in [0.1, 0.15) is 11.6 Å². The molecule has 0 aliphatic rings. The first-order valence-corrected chi connectivity index (χ1v) is 8.05. The van der Waals surface area contributed by atoms with Crippen molar-refractivity contribution < 1.29 is 13.6 Å². The number of carbonyl (C=O) groups excluding carboxylic acids is 1. The van der Waals surface area contributed by atoms with Crippen molar-refractivity contribution in [3.05, 3.63) is 34.9 Å². The number of halogens is 2. The summed E-state index contributed by atoms with van der Waals surface area (Å²) in [6.07, 6.45) is 9.19. The average Bonchev–Trinajstić information content (AvgIpc) is 2.46. The van der Waals surface area contributed by atoms with Crippen molar-refractivity contribution in [2.24, 2.45) is 0 Å². The highest BCUT2D eigenvalue weighted by atomic mass is 19.1. The molecule has 0 aliphatic heterocycles. The van der Waals surface area contributed by atoms with Crippen molar-refractivity contribution in [1.29, 1.82) is 0 Å². The lowest BCUT2D eigenvalue weighted by molar-refractivity contribution is 0.0970. The second kappa shape index (κ2) is 9.64. The lowest BCUT2D eigenvalue weighted by atomic mass is 10.0. The lowest BCUT2D eigenvalue weighted by Gasteiger charge is -2.06. The van der Waals surface area contributed by atoms with Crippen LogP contribution in [0.1, 0.15) is 80.6 Å². The van der Waals surface area contributed by atoms with Gasteiger partial charge in [0.25, 0.3) is 0 Å². The summed E-state index contributed by atoms with van der Waals surface area (Å²) in [5, 5.41) is 0. The fourth-order valence-electron chi connectivity index (χ4n) is 2.46. The highest BCUT2D eigenvalue weighted by Crippen LogP contribution is 2.19. The fourth-order valence-corrected chi connectivity index (χ4v) is 2.46. The van der Waals surface area contributed by atoms with Crippen molar-refractivity contribution in [1.82, 2.24) is 0 Å². The van der Waals surface area contributed by atoms with Gasteiger partial charge in [-0.2, -0.15) is 0 Å². The zero-order chi connectivity index (χ0) is 15.7. The summed E-state index contributed by atoms with van der Waals surface area (Å²) in [6, 6.07) is 2.52. The molecule has 0 amide bonds. The number of rotatable bonds is 10. The number of hydrogen-bond donors (Lipinski definition) is 0. The molecule has 0 spiro atoms. The minimum Gasteiger partial charge on any atom is -0.294 e. The maximum absolute atomic E-state index is 13.8. The summed E-state index contributed by atoms with van der Waals surface area (Å²) in [6.45, 7) is 3.73. The molecule has 0 unspecified atom stereocenters. The topological polar surface area (TPSA) is 17.1 Å². The molecular formula is C18H26F2O. The molecule has 1 aromatic rings. The van der Waals surface area contributed by atoms with Crippen LogP contribution in [-0.4, -0.2) is 5.78 Å². The molecule has 0 bridgehead atoms. The van der Waals surface area contributed by atoms with E-state index in [4.69, 9.17) is 0 Å². The van der Waals surface area contributed by atoms with Gasteiger partial charge >= 0.3 is 0 Å². The number of carbonyl (C=O) groups is 1. The molecule has 1 rings (SSSR count). The Morgan fingerprint density at radius 3 is 2.14 bits per heavy atom. The number of unbranched alkanes of at least 4 members (excludes halogenated alkanes) is 7. The van der Waals surface area contributed by atoms with Crippen molar-refractivity contribution in [3.63, 3.8) is 0 Å². The third-order valence-electron chi connectivity index (χ3n) is 3.82. The second-order valence-corrected chi connectivity index (χ2v) is 5.70. The number of ketones is 1. The van der Waals surface area contributed by atoms with E-state index in [1.807, 2.05) is 0 Å². The Balaban J connectivity index is 2.30. The van der Waals surface area contributed by atoms with Crippen molar-refractivity contribution >= 4 is 5.78 Å². The Morgan fingerprint density at radius 2 is 1.52 bits per heavy atom. The monoisotopic (exact) mass is 296 g/mol. The summed E-state index contributed by atoms with van der Waals surface area (Å²) in [5.74, 6) is -1.87. The lowest BCUT2D eigenvalue weighted by Crippen LogP contribution is -2.07. The third kappa shape index (κ3) is 5.94. The van der Waals surface area contributed by atoms with E-state index in [-0.39, 0.29) is 12.0 Å². The van der Waals surface area contributed by atoms with Crippen molar-refractivity contribution in [3.8, 4) is 0 Å². The smallest absolute Gasteiger partial charge is 0.168 e. The largest absolute Gasteiger partial charge is 0.294 e. The molecule has 0 atom stereocenters. The molecule has 0 N–H and O–H groups in total. The van der Waals surface area contributed by atoms with Crippen LogP contribution in [0.2, 0.25) is 0 Å². The van der Waals surface area contributed by atoms with E-state index in [0.717, 1.165) is 12.8 Å². The van der Waals surface area contributed by atoms with Crippen LogP contribution in [0.15, 0.2) is 12.1 Å². The predicted octanol–water partition coefficient (Wildman–Crippen LogP) is 5.99. The summed E-state index contributed by atoms with van der Waals surface area (Å²) < 4.78 is 27.4. The zero-order valence-electron chi connectivity index (χ0n) is 13.2. The standard InChI is InChI=1S/C18H26F2O/c1-3-4-5-6-7-8-9-10-11-16(21)17-15(19)13-12-14(2)18(17)20/h12-13H,3-11H2,1-2H3. The second-order valence-electron chi connectivity index (χ2n) is 5.70. The van der Waals surface area contributed by atoms with Crippen LogP contribution in [0.3, 0.4) is 0 Å². The summed E-state index contributed by atoms with van der Waals surface area (Å²) in [4.78, 5) is 11.9. The molecule has 0 saturated heterocycles. The highest BCUT2D eigenvalue weighted by Gasteiger charge is 2.18. The van der Waals surface area contributed by atoms with E-state index in [0.29, 0.717) is 12.0 Å². The molecule has 0 aliphatic carbocycles. The summed E-state index contributed by atoms with van der Waals surface area (Å²) >= 11 is 0. The van der Waals surface area contributed by atoms with E-state index in [2.05, 4.69) is 6.92 Å². The van der Waals surface area contributed by atoms with Gasteiger partial charge in [0.2, 0.25) is 0 Å². The molecule has 0 saturated carbocycles. The van der Waals surface area contributed by atoms with E-state index < -0.39 is 17.4 Å². The number of benzene rings is 1. The Kier molecular flexibility index (Phi) is 8.17. The van der Waals surface area contributed by atoms with Gasteiger partial charge in [0.05, 0.1) is 5.56 Å². The molecule has 21 heavy (non-hydrogen) atoms. The van der Waals surface area contributed by atoms with Crippen LogP contribution in [0.4, 0.5) is 8.78 Å². The van der Waals surface area contributed by atoms with E-state index in [1.54, 1.807) is 6.92 Å². The zero-order valence-corrected chi connectivity index (χ0v) is 13.2. The molecule has 0 aromatic heterocycles. The Hall–Kier alpha value is -1.25. The van der Waals surface area contributed by atoms with Gasteiger partial charge in [-0.1, -0.05) is 57.9 Å². The predicted molar refractivity (Wildman–Crippen MR) is 82.7 cm³/mol. The van der Waals surface area contributed by atoms with Crippen LogP contribution in [0.25, 0.3) is 0 Å². The van der Waals surface area contributed by atoms with Crippen LogP contribution in [0, 0.1) is 18.6 Å². The fraction of sp³-hybridized carbons (Fsp3) is 0.611. The Bertz CT molecular complexity index is 455. The van der Waals surface area contributed by atoms with E-state index in [9.17, 15) is 13.6 Å². The number of Topliss-reactive ketones (excluding diaryl/α,β-unsaturated/α-hetero) is 1. The molecule has 118 valence electrons. The quantitative estimate of drug-likeness (QED) is 0.383. The van der Waals surface area contributed by atoms with Crippen LogP contribution in [0.5, 0.6) is 0 Å². The van der Waals surface area contributed by atoms with E-state index in [1.165, 1.54) is 44.2 Å². The van der Waals surface area contributed by atoms with Crippen LogP contribution >= 0.6 is 0 Å². The maximum atomic E-state index is 13.8. The number of aryl methyl sites for hydroxylation is 1. The van der Waals surface area contributed by atoms with Crippen molar-refractivity contribution in [2.45, 2.75) is 71.6 Å². The highest BCUT2D eigenvalue weighted by molar-refractivity contribution is 5.96. The first kappa shape index (κ1) is 17.8. The molecule has 0 fully saturated rings. The summed E-state index contributed by atoms with van der Waals surface area (Å²) in [5.41, 5.74) is -0.0476. The molecule has 0 radical (unpaired) electrons.